The Morgan fingerprint density at radius 2 is 2.00 bits per heavy atom. The second kappa shape index (κ2) is 7.07. The smallest absolute Gasteiger partial charge is 0.336 e. The van der Waals surface area contributed by atoms with Crippen molar-refractivity contribution in [2.75, 3.05) is 0 Å². The number of ether oxygens (including phenoxy) is 1. The third-order valence-electron chi connectivity index (χ3n) is 4.56. The van der Waals surface area contributed by atoms with Crippen molar-refractivity contribution >= 4 is 16.9 Å². The molecule has 5 heteroatoms. The first kappa shape index (κ1) is 16.6. The van der Waals surface area contributed by atoms with Gasteiger partial charge in [0.05, 0.1) is 0 Å². The van der Waals surface area contributed by atoms with Crippen LogP contribution in [0.15, 0.2) is 33.5 Å². The van der Waals surface area contributed by atoms with E-state index in [1.165, 1.54) is 25.3 Å². The van der Waals surface area contributed by atoms with E-state index in [1.54, 1.807) is 19.1 Å². The van der Waals surface area contributed by atoms with Gasteiger partial charge in [-0.25, -0.2) is 4.79 Å². The van der Waals surface area contributed by atoms with E-state index >= 15 is 0 Å². The van der Waals surface area contributed by atoms with E-state index < -0.39 is 6.10 Å². The van der Waals surface area contributed by atoms with Gasteiger partial charge in [-0.3, -0.25) is 4.79 Å². The van der Waals surface area contributed by atoms with Gasteiger partial charge in [0.25, 0.3) is 5.91 Å². The first-order chi connectivity index (χ1) is 11.5. The van der Waals surface area contributed by atoms with Gasteiger partial charge in [0.2, 0.25) is 0 Å². The van der Waals surface area contributed by atoms with Crippen molar-refractivity contribution in [2.24, 2.45) is 0 Å². The first-order valence-corrected chi connectivity index (χ1v) is 8.54. The Morgan fingerprint density at radius 3 is 2.75 bits per heavy atom. The van der Waals surface area contributed by atoms with Gasteiger partial charge >= 0.3 is 5.63 Å². The SMILES string of the molecule is Cc1cc(=O)oc2cc(OC(C)C(=O)NC3CCCCC3)ccc12. The van der Waals surface area contributed by atoms with E-state index in [1.807, 2.05) is 13.0 Å². The Balaban J connectivity index is 1.69. The number of hydrogen-bond donors (Lipinski definition) is 1. The van der Waals surface area contributed by atoms with Crippen LogP contribution in [0.2, 0.25) is 0 Å². The Hall–Kier alpha value is -2.30. The lowest BCUT2D eigenvalue weighted by Gasteiger charge is -2.24. The fraction of sp³-hybridized carbons (Fsp3) is 0.474. The summed E-state index contributed by atoms with van der Waals surface area (Å²) in [6.45, 7) is 3.59. The van der Waals surface area contributed by atoms with Crippen LogP contribution in [0.1, 0.15) is 44.6 Å². The Labute approximate surface area is 141 Å². The highest BCUT2D eigenvalue weighted by Crippen LogP contribution is 2.23. The molecule has 0 saturated heterocycles. The van der Waals surface area contributed by atoms with Crippen LogP contribution < -0.4 is 15.7 Å². The molecular formula is C19H23NO4. The summed E-state index contributed by atoms with van der Waals surface area (Å²) >= 11 is 0. The van der Waals surface area contributed by atoms with Crippen molar-refractivity contribution in [2.45, 2.75) is 58.1 Å². The van der Waals surface area contributed by atoms with Crippen LogP contribution >= 0.6 is 0 Å². The molecule has 0 bridgehead atoms. The molecule has 1 aromatic carbocycles. The van der Waals surface area contributed by atoms with Crippen molar-refractivity contribution in [3.8, 4) is 5.75 Å². The van der Waals surface area contributed by atoms with E-state index in [2.05, 4.69) is 5.32 Å². The van der Waals surface area contributed by atoms with Crippen molar-refractivity contribution < 1.29 is 13.9 Å². The van der Waals surface area contributed by atoms with Crippen molar-refractivity contribution in [3.05, 3.63) is 40.2 Å². The highest BCUT2D eigenvalue weighted by molar-refractivity contribution is 5.82. The lowest BCUT2D eigenvalue weighted by atomic mass is 9.95. The lowest BCUT2D eigenvalue weighted by molar-refractivity contribution is -0.128. The summed E-state index contributed by atoms with van der Waals surface area (Å²) in [5.74, 6) is 0.412. The lowest BCUT2D eigenvalue weighted by Crippen LogP contribution is -2.43. The molecule has 2 aromatic rings. The monoisotopic (exact) mass is 329 g/mol. The number of rotatable bonds is 4. The predicted molar refractivity (Wildman–Crippen MR) is 92.3 cm³/mol. The molecule has 1 fully saturated rings. The van der Waals surface area contributed by atoms with E-state index in [0.717, 1.165) is 23.8 Å². The standard InChI is InChI=1S/C19H23NO4/c1-12-10-18(21)24-17-11-15(8-9-16(12)17)23-13(2)19(22)20-14-6-4-3-5-7-14/h8-11,13-14H,3-7H2,1-2H3,(H,20,22). The average molecular weight is 329 g/mol. The second-order valence-corrected chi connectivity index (χ2v) is 6.51. The van der Waals surface area contributed by atoms with E-state index in [4.69, 9.17) is 9.15 Å². The molecule has 1 aliphatic carbocycles. The molecule has 1 heterocycles. The van der Waals surface area contributed by atoms with Crippen molar-refractivity contribution in [3.63, 3.8) is 0 Å². The summed E-state index contributed by atoms with van der Waals surface area (Å²) in [7, 11) is 0. The van der Waals surface area contributed by atoms with Gasteiger partial charge < -0.3 is 14.5 Å². The van der Waals surface area contributed by atoms with Gasteiger partial charge in [0, 0.05) is 23.6 Å². The highest BCUT2D eigenvalue weighted by atomic mass is 16.5. The molecule has 1 saturated carbocycles. The number of benzene rings is 1. The number of nitrogens with one attached hydrogen (secondary N) is 1. The highest BCUT2D eigenvalue weighted by Gasteiger charge is 2.20. The molecular weight excluding hydrogens is 306 g/mol. The molecule has 1 unspecified atom stereocenters. The molecule has 1 aromatic heterocycles. The molecule has 3 rings (SSSR count). The predicted octanol–water partition coefficient (Wildman–Crippen LogP) is 3.32. The van der Waals surface area contributed by atoms with E-state index in [9.17, 15) is 9.59 Å². The normalized spacial score (nSPS) is 16.8. The Kier molecular flexibility index (Phi) is 4.88. The van der Waals surface area contributed by atoms with Crippen LogP contribution in [0, 0.1) is 6.92 Å². The number of aryl methyl sites for hydroxylation is 1. The van der Waals surface area contributed by atoms with Crippen LogP contribution in [-0.2, 0) is 4.79 Å². The van der Waals surface area contributed by atoms with Crippen molar-refractivity contribution in [1.82, 2.24) is 5.32 Å². The first-order valence-electron chi connectivity index (χ1n) is 8.54. The number of carbonyl (C=O) groups excluding carboxylic acids is 1. The Bertz CT molecular complexity index is 790. The summed E-state index contributed by atoms with van der Waals surface area (Å²) in [5, 5.41) is 3.92. The summed E-state index contributed by atoms with van der Waals surface area (Å²) in [5.41, 5.74) is 0.938. The zero-order valence-corrected chi connectivity index (χ0v) is 14.1. The minimum Gasteiger partial charge on any atom is -0.481 e. The molecule has 5 nitrogen and oxygen atoms in total. The molecule has 1 N–H and O–H groups in total. The Morgan fingerprint density at radius 1 is 1.25 bits per heavy atom. The molecule has 24 heavy (non-hydrogen) atoms. The van der Waals surface area contributed by atoms with Crippen LogP contribution in [-0.4, -0.2) is 18.1 Å². The third kappa shape index (κ3) is 3.78. The average Bonchev–Trinajstić information content (AvgIpc) is 2.55. The third-order valence-corrected chi connectivity index (χ3v) is 4.56. The summed E-state index contributed by atoms with van der Waals surface area (Å²) in [6, 6.07) is 7.01. The molecule has 0 spiro atoms. The van der Waals surface area contributed by atoms with Crippen molar-refractivity contribution in [1.29, 1.82) is 0 Å². The summed E-state index contributed by atoms with van der Waals surface area (Å²) in [4.78, 5) is 23.8. The minimum atomic E-state index is -0.596. The maximum absolute atomic E-state index is 12.3. The van der Waals surface area contributed by atoms with Crippen LogP contribution in [0.3, 0.4) is 0 Å². The zero-order chi connectivity index (χ0) is 17.1. The van der Waals surface area contributed by atoms with Gasteiger partial charge in [-0.15, -0.1) is 0 Å². The minimum absolute atomic E-state index is 0.104. The topological polar surface area (TPSA) is 68.5 Å². The number of fused-ring (bicyclic) bond motifs is 1. The largest absolute Gasteiger partial charge is 0.481 e. The molecule has 1 atom stereocenters. The number of amides is 1. The fourth-order valence-electron chi connectivity index (χ4n) is 3.20. The quantitative estimate of drug-likeness (QED) is 0.874. The van der Waals surface area contributed by atoms with Crippen LogP contribution in [0.5, 0.6) is 5.75 Å². The molecule has 128 valence electrons. The zero-order valence-electron chi connectivity index (χ0n) is 14.1. The maximum Gasteiger partial charge on any atom is 0.336 e. The number of carbonyl (C=O) groups is 1. The van der Waals surface area contributed by atoms with Gasteiger partial charge in [0.1, 0.15) is 11.3 Å². The number of hydrogen-bond acceptors (Lipinski definition) is 4. The van der Waals surface area contributed by atoms with E-state index in [0.29, 0.717) is 11.3 Å². The molecule has 0 radical (unpaired) electrons. The second-order valence-electron chi connectivity index (χ2n) is 6.51. The molecule has 1 amide bonds. The van der Waals surface area contributed by atoms with Gasteiger partial charge in [0.15, 0.2) is 6.10 Å². The van der Waals surface area contributed by atoms with Gasteiger partial charge in [-0.2, -0.15) is 0 Å². The summed E-state index contributed by atoms with van der Waals surface area (Å²) < 4.78 is 10.9. The van der Waals surface area contributed by atoms with Crippen LogP contribution in [0.4, 0.5) is 0 Å². The van der Waals surface area contributed by atoms with Gasteiger partial charge in [-0.1, -0.05) is 19.3 Å². The fourth-order valence-corrected chi connectivity index (χ4v) is 3.20. The van der Waals surface area contributed by atoms with Crippen LogP contribution in [0.25, 0.3) is 11.0 Å². The molecule has 0 aliphatic heterocycles. The molecule has 1 aliphatic rings. The van der Waals surface area contributed by atoms with Gasteiger partial charge in [-0.05, 0) is 44.4 Å². The summed E-state index contributed by atoms with van der Waals surface area (Å²) in [6.07, 6.45) is 5.07. The van der Waals surface area contributed by atoms with E-state index in [-0.39, 0.29) is 17.6 Å². The maximum atomic E-state index is 12.3.